The highest BCUT2D eigenvalue weighted by molar-refractivity contribution is 7.89. The Morgan fingerprint density at radius 1 is 1.12 bits per heavy atom. The zero-order valence-corrected chi connectivity index (χ0v) is 15.4. The molecule has 0 atom stereocenters. The van der Waals surface area contributed by atoms with Crippen LogP contribution in [0.15, 0.2) is 53.4 Å². The molecule has 0 N–H and O–H groups in total. The molecule has 0 amide bonds. The van der Waals surface area contributed by atoms with Crippen molar-refractivity contribution in [3.05, 3.63) is 65.2 Å². The standard InChI is InChI=1S/C19H21NO5S/c1-15-7-8-17(19(21)25-14-16-5-3-2-4-6-16)13-18(15)26(22,23)20-9-11-24-12-10-20/h2-8,13H,9-12,14H2,1H3. The lowest BCUT2D eigenvalue weighted by Crippen LogP contribution is -2.40. The molecule has 7 heteroatoms. The number of morpholine rings is 1. The summed E-state index contributed by atoms with van der Waals surface area (Å²) in [4.78, 5) is 12.5. The fourth-order valence-electron chi connectivity index (χ4n) is 2.74. The normalized spacial score (nSPS) is 15.6. The van der Waals surface area contributed by atoms with Gasteiger partial charge in [-0.1, -0.05) is 36.4 Å². The summed E-state index contributed by atoms with van der Waals surface area (Å²) in [6, 6.07) is 13.9. The second kappa shape index (κ2) is 7.99. The van der Waals surface area contributed by atoms with Crippen molar-refractivity contribution in [1.29, 1.82) is 0 Å². The Kier molecular flexibility index (Phi) is 5.70. The highest BCUT2D eigenvalue weighted by Crippen LogP contribution is 2.23. The number of carbonyl (C=O) groups is 1. The molecular weight excluding hydrogens is 354 g/mol. The van der Waals surface area contributed by atoms with Crippen LogP contribution in [0.25, 0.3) is 0 Å². The van der Waals surface area contributed by atoms with E-state index in [1.165, 1.54) is 10.4 Å². The van der Waals surface area contributed by atoms with E-state index in [0.29, 0.717) is 31.9 Å². The van der Waals surface area contributed by atoms with Crippen molar-refractivity contribution in [2.24, 2.45) is 0 Å². The highest BCUT2D eigenvalue weighted by Gasteiger charge is 2.28. The van der Waals surface area contributed by atoms with E-state index in [4.69, 9.17) is 9.47 Å². The van der Waals surface area contributed by atoms with Crippen molar-refractivity contribution in [1.82, 2.24) is 4.31 Å². The van der Waals surface area contributed by atoms with Crippen LogP contribution in [-0.2, 0) is 26.1 Å². The number of carbonyl (C=O) groups excluding carboxylic acids is 1. The molecule has 3 rings (SSSR count). The zero-order chi connectivity index (χ0) is 18.6. The molecule has 0 saturated carbocycles. The minimum atomic E-state index is -3.67. The summed E-state index contributed by atoms with van der Waals surface area (Å²) in [5.74, 6) is -0.549. The predicted octanol–water partition coefficient (Wildman–Crippen LogP) is 2.37. The quantitative estimate of drug-likeness (QED) is 0.750. The van der Waals surface area contributed by atoms with E-state index in [-0.39, 0.29) is 17.1 Å². The van der Waals surface area contributed by atoms with Crippen LogP contribution in [0.3, 0.4) is 0 Å². The Bertz CT molecular complexity index is 874. The average Bonchev–Trinajstić information content (AvgIpc) is 2.68. The molecule has 0 radical (unpaired) electrons. The SMILES string of the molecule is Cc1ccc(C(=O)OCc2ccccc2)cc1S(=O)(=O)N1CCOCC1. The maximum absolute atomic E-state index is 12.9. The summed E-state index contributed by atoms with van der Waals surface area (Å²) >= 11 is 0. The van der Waals surface area contributed by atoms with Gasteiger partial charge < -0.3 is 9.47 Å². The fraction of sp³-hybridized carbons (Fsp3) is 0.316. The molecule has 0 aromatic heterocycles. The Hall–Kier alpha value is -2.22. The van der Waals surface area contributed by atoms with Crippen LogP contribution in [0.2, 0.25) is 0 Å². The number of sulfonamides is 1. The highest BCUT2D eigenvalue weighted by atomic mass is 32.2. The van der Waals surface area contributed by atoms with E-state index in [2.05, 4.69) is 0 Å². The molecule has 2 aromatic rings. The third-order valence-electron chi connectivity index (χ3n) is 4.22. The molecule has 2 aromatic carbocycles. The van der Waals surface area contributed by atoms with Gasteiger partial charge >= 0.3 is 5.97 Å². The van der Waals surface area contributed by atoms with Crippen molar-refractivity contribution in [3.63, 3.8) is 0 Å². The first kappa shape index (κ1) is 18.6. The fourth-order valence-corrected chi connectivity index (χ4v) is 4.40. The van der Waals surface area contributed by atoms with Gasteiger partial charge in [0.25, 0.3) is 0 Å². The number of aryl methyl sites for hydroxylation is 1. The Morgan fingerprint density at radius 3 is 2.50 bits per heavy atom. The van der Waals surface area contributed by atoms with Crippen molar-refractivity contribution >= 4 is 16.0 Å². The molecule has 0 spiro atoms. The van der Waals surface area contributed by atoms with E-state index in [1.54, 1.807) is 19.1 Å². The summed E-state index contributed by atoms with van der Waals surface area (Å²) < 4.78 is 37.7. The monoisotopic (exact) mass is 375 g/mol. The molecular formula is C19H21NO5S. The molecule has 26 heavy (non-hydrogen) atoms. The first-order valence-electron chi connectivity index (χ1n) is 8.38. The maximum atomic E-state index is 12.9. The van der Waals surface area contributed by atoms with Gasteiger partial charge in [0.2, 0.25) is 10.0 Å². The van der Waals surface area contributed by atoms with E-state index < -0.39 is 16.0 Å². The molecule has 0 unspecified atom stereocenters. The molecule has 6 nitrogen and oxygen atoms in total. The number of benzene rings is 2. The van der Waals surface area contributed by atoms with E-state index in [9.17, 15) is 13.2 Å². The van der Waals surface area contributed by atoms with Gasteiger partial charge in [0.15, 0.2) is 0 Å². The van der Waals surface area contributed by atoms with Crippen LogP contribution in [0.5, 0.6) is 0 Å². The van der Waals surface area contributed by atoms with E-state index in [1.807, 2.05) is 30.3 Å². The van der Waals surface area contributed by atoms with Crippen LogP contribution in [0, 0.1) is 6.92 Å². The summed E-state index contributed by atoms with van der Waals surface area (Å²) in [5.41, 5.74) is 1.68. The number of hydrogen-bond acceptors (Lipinski definition) is 5. The molecule has 1 fully saturated rings. The van der Waals surface area contributed by atoms with Gasteiger partial charge in [-0.15, -0.1) is 0 Å². The van der Waals surface area contributed by atoms with E-state index >= 15 is 0 Å². The lowest BCUT2D eigenvalue weighted by molar-refractivity contribution is 0.0472. The summed E-state index contributed by atoms with van der Waals surface area (Å²) in [5, 5.41) is 0. The Morgan fingerprint density at radius 2 is 1.81 bits per heavy atom. The number of nitrogens with zero attached hydrogens (tertiary/aromatic N) is 1. The maximum Gasteiger partial charge on any atom is 0.338 e. The Labute approximate surface area is 153 Å². The van der Waals surface area contributed by atoms with Crippen molar-refractivity contribution in [2.45, 2.75) is 18.4 Å². The van der Waals surface area contributed by atoms with E-state index in [0.717, 1.165) is 5.56 Å². The Balaban J connectivity index is 1.79. The minimum absolute atomic E-state index is 0.133. The van der Waals surface area contributed by atoms with Gasteiger partial charge in [-0.3, -0.25) is 0 Å². The van der Waals surface area contributed by atoms with Crippen LogP contribution < -0.4 is 0 Å². The second-order valence-corrected chi connectivity index (χ2v) is 7.96. The molecule has 1 aliphatic heterocycles. The number of ether oxygens (including phenoxy) is 2. The summed E-state index contributed by atoms with van der Waals surface area (Å²) in [7, 11) is -3.67. The topological polar surface area (TPSA) is 72.9 Å². The van der Waals surface area contributed by atoms with Crippen LogP contribution in [0.1, 0.15) is 21.5 Å². The number of esters is 1. The van der Waals surface area contributed by atoms with Gasteiger partial charge in [-0.05, 0) is 30.2 Å². The largest absolute Gasteiger partial charge is 0.457 e. The molecule has 0 bridgehead atoms. The van der Waals surface area contributed by atoms with Crippen molar-refractivity contribution in [3.8, 4) is 0 Å². The first-order valence-corrected chi connectivity index (χ1v) is 9.82. The zero-order valence-electron chi connectivity index (χ0n) is 14.6. The van der Waals surface area contributed by atoms with Crippen molar-refractivity contribution < 1.29 is 22.7 Å². The molecule has 0 aliphatic carbocycles. The third-order valence-corrected chi connectivity index (χ3v) is 6.27. The molecule has 1 heterocycles. The van der Waals surface area contributed by atoms with Gasteiger partial charge in [-0.25, -0.2) is 13.2 Å². The molecule has 1 aliphatic rings. The van der Waals surface area contributed by atoms with Gasteiger partial charge in [-0.2, -0.15) is 4.31 Å². The van der Waals surface area contributed by atoms with Gasteiger partial charge in [0, 0.05) is 13.1 Å². The predicted molar refractivity (Wildman–Crippen MR) is 96.3 cm³/mol. The van der Waals surface area contributed by atoms with Gasteiger partial charge in [0.1, 0.15) is 6.61 Å². The first-order chi connectivity index (χ1) is 12.5. The van der Waals surface area contributed by atoms with Crippen LogP contribution in [0.4, 0.5) is 0 Å². The average molecular weight is 375 g/mol. The minimum Gasteiger partial charge on any atom is -0.457 e. The number of rotatable bonds is 5. The van der Waals surface area contributed by atoms with Gasteiger partial charge in [0.05, 0.1) is 23.7 Å². The smallest absolute Gasteiger partial charge is 0.338 e. The van der Waals surface area contributed by atoms with Crippen LogP contribution in [-0.4, -0.2) is 45.0 Å². The lowest BCUT2D eigenvalue weighted by atomic mass is 10.1. The lowest BCUT2D eigenvalue weighted by Gasteiger charge is -2.26. The molecule has 1 saturated heterocycles. The molecule has 138 valence electrons. The summed E-state index contributed by atoms with van der Waals surface area (Å²) in [6.07, 6.45) is 0. The van der Waals surface area contributed by atoms with Crippen molar-refractivity contribution in [2.75, 3.05) is 26.3 Å². The summed E-state index contributed by atoms with van der Waals surface area (Å²) in [6.45, 7) is 3.22. The number of hydrogen-bond donors (Lipinski definition) is 0. The van der Waals surface area contributed by atoms with Crippen LogP contribution >= 0.6 is 0 Å². The second-order valence-electron chi connectivity index (χ2n) is 6.06. The third kappa shape index (κ3) is 4.12.